The molecule has 0 aliphatic heterocycles. The van der Waals surface area contributed by atoms with Crippen LogP contribution >= 0.6 is 0 Å². The lowest BCUT2D eigenvalue weighted by Gasteiger charge is -2.15. The SMILES string of the molecule is CC[C@H](C)NS(=O)(=O)c1ccc(C(=O)N[C@H](C)c2ccccc2F)cc1. The molecule has 7 heteroatoms. The van der Waals surface area contributed by atoms with Gasteiger partial charge in [-0.2, -0.15) is 0 Å². The molecule has 0 fully saturated rings. The van der Waals surface area contributed by atoms with E-state index in [2.05, 4.69) is 10.0 Å². The molecule has 0 aliphatic carbocycles. The number of rotatable bonds is 7. The van der Waals surface area contributed by atoms with Gasteiger partial charge in [0.1, 0.15) is 5.82 Å². The Kier molecular flexibility index (Phi) is 6.50. The summed E-state index contributed by atoms with van der Waals surface area (Å²) >= 11 is 0. The van der Waals surface area contributed by atoms with Gasteiger partial charge < -0.3 is 5.32 Å². The van der Waals surface area contributed by atoms with E-state index in [0.717, 1.165) is 0 Å². The van der Waals surface area contributed by atoms with Crippen molar-refractivity contribution in [2.75, 3.05) is 0 Å². The van der Waals surface area contributed by atoms with Gasteiger partial charge >= 0.3 is 0 Å². The molecule has 0 unspecified atom stereocenters. The van der Waals surface area contributed by atoms with E-state index in [1.807, 2.05) is 6.92 Å². The summed E-state index contributed by atoms with van der Waals surface area (Å²) in [4.78, 5) is 12.4. The molecular weight excluding hydrogens is 355 g/mol. The summed E-state index contributed by atoms with van der Waals surface area (Å²) in [5, 5.41) is 2.71. The van der Waals surface area contributed by atoms with Gasteiger partial charge in [-0.15, -0.1) is 0 Å². The van der Waals surface area contributed by atoms with Crippen molar-refractivity contribution in [3.63, 3.8) is 0 Å². The lowest BCUT2D eigenvalue weighted by atomic mass is 10.1. The summed E-state index contributed by atoms with van der Waals surface area (Å²) in [6.07, 6.45) is 0.674. The van der Waals surface area contributed by atoms with Crippen LogP contribution in [0.15, 0.2) is 53.4 Å². The van der Waals surface area contributed by atoms with Gasteiger partial charge in [0, 0.05) is 17.2 Å². The van der Waals surface area contributed by atoms with Gasteiger partial charge in [-0.05, 0) is 50.6 Å². The smallest absolute Gasteiger partial charge is 0.251 e. The van der Waals surface area contributed by atoms with E-state index < -0.39 is 27.8 Å². The van der Waals surface area contributed by atoms with Crippen LogP contribution in [-0.4, -0.2) is 20.4 Å². The largest absolute Gasteiger partial charge is 0.345 e. The normalized spacial score (nSPS) is 13.8. The summed E-state index contributed by atoms with van der Waals surface area (Å²) in [5.74, 6) is -0.794. The van der Waals surface area contributed by atoms with Crippen molar-refractivity contribution in [2.24, 2.45) is 0 Å². The molecule has 0 aromatic heterocycles. The number of carbonyl (C=O) groups is 1. The Hall–Kier alpha value is -2.25. The summed E-state index contributed by atoms with van der Waals surface area (Å²) in [6, 6.07) is 11.2. The van der Waals surface area contributed by atoms with Crippen LogP contribution in [0.5, 0.6) is 0 Å². The quantitative estimate of drug-likeness (QED) is 0.775. The first-order valence-electron chi connectivity index (χ1n) is 8.42. The minimum absolute atomic E-state index is 0.0940. The monoisotopic (exact) mass is 378 g/mol. The Bertz CT molecular complexity index is 867. The van der Waals surface area contributed by atoms with Gasteiger partial charge in [-0.1, -0.05) is 25.1 Å². The van der Waals surface area contributed by atoms with Crippen LogP contribution in [0, 0.1) is 5.82 Å². The zero-order chi connectivity index (χ0) is 19.3. The highest BCUT2D eigenvalue weighted by Gasteiger charge is 2.18. The van der Waals surface area contributed by atoms with Gasteiger partial charge in [-0.3, -0.25) is 4.79 Å². The molecule has 0 aliphatic rings. The first-order chi connectivity index (χ1) is 12.2. The van der Waals surface area contributed by atoms with Crippen molar-refractivity contribution < 1.29 is 17.6 Å². The summed E-state index contributed by atoms with van der Waals surface area (Å²) in [6.45, 7) is 5.35. The van der Waals surface area contributed by atoms with E-state index in [-0.39, 0.29) is 10.9 Å². The van der Waals surface area contributed by atoms with Crippen molar-refractivity contribution in [3.8, 4) is 0 Å². The molecule has 26 heavy (non-hydrogen) atoms. The molecule has 2 rings (SSSR count). The van der Waals surface area contributed by atoms with Crippen molar-refractivity contribution in [3.05, 3.63) is 65.5 Å². The molecule has 0 radical (unpaired) electrons. The third-order valence-electron chi connectivity index (χ3n) is 4.11. The number of carbonyl (C=O) groups excluding carboxylic acids is 1. The second-order valence-corrected chi connectivity index (χ2v) is 7.89. The van der Waals surface area contributed by atoms with Gasteiger partial charge in [0.2, 0.25) is 10.0 Å². The van der Waals surface area contributed by atoms with Crippen molar-refractivity contribution in [2.45, 2.75) is 44.2 Å². The predicted octanol–water partition coefficient (Wildman–Crippen LogP) is 3.39. The number of halogens is 1. The Morgan fingerprint density at radius 3 is 2.27 bits per heavy atom. The maximum absolute atomic E-state index is 13.8. The second kappa shape index (κ2) is 8.42. The summed E-state index contributed by atoms with van der Waals surface area (Å²) in [5.41, 5.74) is 0.688. The van der Waals surface area contributed by atoms with Crippen LogP contribution in [0.1, 0.15) is 49.2 Å². The molecule has 2 N–H and O–H groups in total. The molecule has 2 aromatic rings. The van der Waals surface area contributed by atoms with Crippen molar-refractivity contribution >= 4 is 15.9 Å². The van der Waals surface area contributed by atoms with E-state index in [4.69, 9.17) is 0 Å². The first kappa shape index (κ1) is 20.1. The van der Waals surface area contributed by atoms with Gasteiger partial charge in [-0.25, -0.2) is 17.5 Å². The molecule has 0 heterocycles. The predicted molar refractivity (Wildman–Crippen MR) is 98.8 cm³/mol. The van der Waals surface area contributed by atoms with E-state index in [9.17, 15) is 17.6 Å². The molecule has 0 bridgehead atoms. The minimum atomic E-state index is -3.62. The zero-order valence-electron chi connectivity index (χ0n) is 15.0. The number of hydrogen-bond donors (Lipinski definition) is 2. The average Bonchev–Trinajstić information content (AvgIpc) is 2.61. The van der Waals surface area contributed by atoms with E-state index >= 15 is 0 Å². The Balaban J connectivity index is 2.10. The summed E-state index contributed by atoms with van der Waals surface area (Å²) in [7, 11) is -3.62. The average molecular weight is 378 g/mol. The maximum Gasteiger partial charge on any atom is 0.251 e. The zero-order valence-corrected chi connectivity index (χ0v) is 15.8. The number of amides is 1. The second-order valence-electron chi connectivity index (χ2n) is 6.17. The maximum atomic E-state index is 13.8. The molecule has 0 spiro atoms. The van der Waals surface area contributed by atoms with E-state index in [1.165, 1.54) is 30.3 Å². The van der Waals surface area contributed by atoms with Crippen LogP contribution in [0.25, 0.3) is 0 Å². The fourth-order valence-corrected chi connectivity index (χ4v) is 3.71. The highest BCUT2D eigenvalue weighted by molar-refractivity contribution is 7.89. The van der Waals surface area contributed by atoms with Crippen molar-refractivity contribution in [1.29, 1.82) is 0 Å². The highest BCUT2D eigenvalue weighted by atomic mass is 32.2. The van der Waals surface area contributed by atoms with Crippen LogP contribution in [-0.2, 0) is 10.0 Å². The van der Waals surface area contributed by atoms with Crippen molar-refractivity contribution in [1.82, 2.24) is 10.0 Å². The van der Waals surface area contributed by atoms with Gasteiger partial charge in [0.15, 0.2) is 0 Å². The number of nitrogens with one attached hydrogen (secondary N) is 2. The van der Waals surface area contributed by atoms with Gasteiger partial charge in [0.25, 0.3) is 5.91 Å². The lowest BCUT2D eigenvalue weighted by Crippen LogP contribution is -2.32. The Morgan fingerprint density at radius 2 is 1.69 bits per heavy atom. The Labute approximate surface area is 153 Å². The fraction of sp³-hybridized carbons (Fsp3) is 0.316. The molecule has 2 aromatic carbocycles. The third kappa shape index (κ3) is 4.89. The summed E-state index contributed by atoms with van der Waals surface area (Å²) < 4.78 is 40.8. The number of hydrogen-bond acceptors (Lipinski definition) is 3. The molecule has 5 nitrogen and oxygen atoms in total. The third-order valence-corrected chi connectivity index (χ3v) is 5.72. The first-order valence-corrected chi connectivity index (χ1v) is 9.90. The molecule has 0 saturated carbocycles. The number of benzene rings is 2. The van der Waals surface area contributed by atoms with E-state index in [0.29, 0.717) is 17.5 Å². The van der Waals surface area contributed by atoms with Crippen LogP contribution in [0.2, 0.25) is 0 Å². The highest BCUT2D eigenvalue weighted by Crippen LogP contribution is 2.17. The molecular formula is C19H23FN2O3S. The van der Waals surface area contributed by atoms with Crippen LogP contribution in [0.3, 0.4) is 0 Å². The fourth-order valence-electron chi connectivity index (χ4n) is 2.39. The van der Waals surface area contributed by atoms with Crippen LogP contribution < -0.4 is 10.0 Å². The van der Waals surface area contributed by atoms with Gasteiger partial charge in [0.05, 0.1) is 10.9 Å². The van der Waals surface area contributed by atoms with Crippen LogP contribution in [0.4, 0.5) is 4.39 Å². The molecule has 140 valence electrons. The lowest BCUT2D eigenvalue weighted by molar-refractivity contribution is 0.0939. The Morgan fingerprint density at radius 1 is 1.08 bits per heavy atom. The standard InChI is InChI=1S/C19H23FN2O3S/c1-4-13(2)22-26(24,25)16-11-9-15(10-12-16)19(23)21-14(3)17-7-5-6-8-18(17)20/h5-14,22H,4H2,1-3H3,(H,21,23)/t13-,14+/m0/s1. The molecule has 1 amide bonds. The number of sulfonamides is 1. The molecule has 0 saturated heterocycles. The topological polar surface area (TPSA) is 75.3 Å². The van der Waals surface area contributed by atoms with E-state index in [1.54, 1.807) is 32.0 Å². The molecule has 2 atom stereocenters. The minimum Gasteiger partial charge on any atom is -0.345 e.